The number of benzene rings is 1. The van der Waals surface area contributed by atoms with Crippen LogP contribution in [0.2, 0.25) is 0 Å². The molecule has 116 valence electrons. The number of sulfone groups is 1. The van der Waals surface area contributed by atoms with Gasteiger partial charge in [0.2, 0.25) is 0 Å². The van der Waals surface area contributed by atoms with Crippen molar-refractivity contribution in [3.63, 3.8) is 0 Å². The number of carbonyl (C=O) groups is 1. The van der Waals surface area contributed by atoms with Crippen LogP contribution in [0.25, 0.3) is 0 Å². The highest BCUT2D eigenvalue weighted by molar-refractivity contribution is 7.91. The summed E-state index contributed by atoms with van der Waals surface area (Å²) >= 11 is 0. The first-order valence-corrected chi connectivity index (χ1v) is 8.87. The lowest BCUT2D eigenvalue weighted by molar-refractivity contribution is 0.0673. The predicted octanol–water partition coefficient (Wildman–Crippen LogP) is 1.30. The van der Waals surface area contributed by atoms with Gasteiger partial charge >= 0.3 is 0 Å². The van der Waals surface area contributed by atoms with Gasteiger partial charge < -0.3 is 10.2 Å². The summed E-state index contributed by atoms with van der Waals surface area (Å²) in [6.07, 6.45) is 0. The lowest BCUT2D eigenvalue weighted by Gasteiger charge is -2.36. The number of nitrogens with zero attached hydrogens (tertiary/aromatic N) is 1. The van der Waals surface area contributed by atoms with E-state index in [1.54, 1.807) is 19.1 Å². The standard InChI is InChI=1S/C15H22N2O3S/c1-4-21(19,20)14-7-5-13(6-8-14)15(18)17-9-11(2)16-12(3)10-17/h5-8,11-12,16H,4,9-10H2,1-3H3/t11-,12-/m0/s1. The number of amides is 1. The fourth-order valence-electron chi connectivity index (χ4n) is 2.65. The summed E-state index contributed by atoms with van der Waals surface area (Å²) in [4.78, 5) is 14.6. The number of piperazine rings is 1. The first-order valence-electron chi connectivity index (χ1n) is 7.21. The van der Waals surface area contributed by atoms with Crippen LogP contribution in [0.4, 0.5) is 0 Å². The number of carbonyl (C=O) groups excluding carboxylic acids is 1. The summed E-state index contributed by atoms with van der Waals surface area (Å²) in [5.74, 6) is 0.0169. The highest BCUT2D eigenvalue weighted by atomic mass is 32.2. The van der Waals surface area contributed by atoms with Gasteiger partial charge in [0.05, 0.1) is 10.6 Å². The van der Waals surface area contributed by atoms with Crippen molar-refractivity contribution in [2.75, 3.05) is 18.8 Å². The summed E-state index contributed by atoms with van der Waals surface area (Å²) in [7, 11) is -3.22. The molecule has 1 aromatic carbocycles. The molecule has 1 amide bonds. The van der Waals surface area contributed by atoms with Gasteiger partial charge in [-0.2, -0.15) is 0 Å². The van der Waals surface area contributed by atoms with E-state index in [9.17, 15) is 13.2 Å². The Hall–Kier alpha value is -1.40. The molecule has 0 aliphatic carbocycles. The Morgan fingerprint density at radius 3 is 2.19 bits per heavy atom. The molecular weight excluding hydrogens is 288 g/mol. The van der Waals surface area contributed by atoms with E-state index < -0.39 is 9.84 Å². The average molecular weight is 310 g/mol. The van der Waals surface area contributed by atoms with Crippen molar-refractivity contribution in [3.8, 4) is 0 Å². The number of hydrogen-bond acceptors (Lipinski definition) is 4. The molecule has 21 heavy (non-hydrogen) atoms. The van der Waals surface area contributed by atoms with E-state index >= 15 is 0 Å². The Morgan fingerprint density at radius 2 is 1.71 bits per heavy atom. The minimum atomic E-state index is -3.22. The molecule has 1 aliphatic heterocycles. The predicted molar refractivity (Wildman–Crippen MR) is 82.1 cm³/mol. The highest BCUT2D eigenvalue weighted by Crippen LogP contribution is 2.15. The Bertz CT molecular complexity index is 600. The van der Waals surface area contributed by atoms with Crippen LogP contribution in [0.15, 0.2) is 29.2 Å². The highest BCUT2D eigenvalue weighted by Gasteiger charge is 2.25. The molecule has 5 nitrogen and oxygen atoms in total. The third kappa shape index (κ3) is 3.63. The fraction of sp³-hybridized carbons (Fsp3) is 0.533. The minimum absolute atomic E-state index is 0.0457. The Balaban J connectivity index is 2.17. The van der Waals surface area contributed by atoms with Gasteiger partial charge in [0.15, 0.2) is 9.84 Å². The molecule has 0 radical (unpaired) electrons. The monoisotopic (exact) mass is 310 g/mol. The SMILES string of the molecule is CCS(=O)(=O)c1ccc(C(=O)N2C[C@H](C)N[C@@H](C)C2)cc1. The van der Waals surface area contributed by atoms with Crippen molar-refractivity contribution >= 4 is 15.7 Å². The molecule has 0 unspecified atom stereocenters. The summed E-state index contributed by atoms with van der Waals surface area (Å²) in [5.41, 5.74) is 0.534. The zero-order valence-corrected chi connectivity index (χ0v) is 13.5. The van der Waals surface area contributed by atoms with E-state index in [0.29, 0.717) is 18.7 Å². The second-order valence-electron chi connectivity index (χ2n) is 5.61. The molecule has 0 bridgehead atoms. The number of hydrogen-bond donors (Lipinski definition) is 1. The first-order chi connectivity index (χ1) is 9.83. The molecule has 2 rings (SSSR count). The maximum atomic E-state index is 12.5. The molecule has 1 aliphatic rings. The molecule has 1 heterocycles. The molecular formula is C15H22N2O3S. The molecule has 1 saturated heterocycles. The molecule has 0 spiro atoms. The van der Waals surface area contributed by atoms with Gasteiger partial charge in [-0.05, 0) is 38.1 Å². The van der Waals surface area contributed by atoms with Crippen molar-refractivity contribution in [3.05, 3.63) is 29.8 Å². The van der Waals surface area contributed by atoms with E-state index in [-0.39, 0.29) is 28.6 Å². The minimum Gasteiger partial charge on any atom is -0.336 e. The van der Waals surface area contributed by atoms with Gasteiger partial charge in [-0.3, -0.25) is 4.79 Å². The molecule has 0 aromatic heterocycles. The van der Waals surface area contributed by atoms with Crippen LogP contribution in [0, 0.1) is 0 Å². The topological polar surface area (TPSA) is 66.5 Å². The van der Waals surface area contributed by atoms with Crippen LogP contribution in [-0.2, 0) is 9.84 Å². The zero-order valence-electron chi connectivity index (χ0n) is 12.7. The zero-order chi connectivity index (χ0) is 15.6. The third-order valence-corrected chi connectivity index (χ3v) is 5.44. The molecule has 0 saturated carbocycles. The molecule has 1 fully saturated rings. The van der Waals surface area contributed by atoms with Crippen LogP contribution >= 0.6 is 0 Å². The molecule has 1 N–H and O–H groups in total. The summed E-state index contributed by atoms with van der Waals surface area (Å²) in [5, 5.41) is 3.38. The van der Waals surface area contributed by atoms with Crippen LogP contribution in [0.5, 0.6) is 0 Å². The van der Waals surface area contributed by atoms with Crippen LogP contribution < -0.4 is 5.32 Å². The molecule has 2 atom stereocenters. The third-order valence-electron chi connectivity index (χ3n) is 3.69. The lowest BCUT2D eigenvalue weighted by Crippen LogP contribution is -2.55. The van der Waals surface area contributed by atoms with E-state index in [1.165, 1.54) is 12.1 Å². The lowest BCUT2D eigenvalue weighted by atomic mass is 10.1. The van der Waals surface area contributed by atoms with Crippen molar-refractivity contribution < 1.29 is 13.2 Å². The van der Waals surface area contributed by atoms with Crippen LogP contribution in [-0.4, -0.2) is 50.2 Å². The van der Waals surface area contributed by atoms with Crippen LogP contribution in [0.3, 0.4) is 0 Å². The van der Waals surface area contributed by atoms with Gasteiger partial charge in [0, 0.05) is 30.7 Å². The fourth-order valence-corrected chi connectivity index (χ4v) is 3.53. The van der Waals surface area contributed by atoms with Gasteiger partial charge in [0.25, 0.3) is 5.91 Å². The molecule has 1 aromatic rings. The smallest absolute Gasteiger partial charge is 0.253 e. The second kappa shape index (κ2) is 6.15. The maximum Gasteiger partial charge on any atom is 0.253 e. The van der Waals surface area contributed by atoms with Crippen molar-refractivity contribution in [2.45, 2.75) is 37.8 Å². The quantitative estimate of drug-likeness (QED) is 0.914. The summed E-state index contributed by atoms with van der Waals surface area (Å²) < 4.78 is 23.5. The Kier molecular flexibility index (Phi) is 4.68. The number of nitrogens with one attached hydrogen (secondary N) is 1. The summed E-state index contributed by atoms with van der Waals surface area (Å²) in [6.45, 7) is 7.04. The van der Waals surface area contributed by atoms with Crippen molar-refractivity contribution in [1.29, 1.82) is 0 Å². The normalized spacial score (nSPS) is 23.1. The second-order valence-corrected chi connectivity index (χ2v) is 7.88. The van der Waals surface area contributed by atoms with Crippen molar-refractivity contribution in [2.24, 2.45) is 0 Å². The Morgan fingerprint density at radius 1 is 1.19 bits per heavy atom. The average Bonchev–Trinajstić information content (AvgIpc) is 2.45. The first kappa shape index (κ1) is 16.0. The van der Waals surface area contributed by atoms with E-state index in [4.69, 9.17) is 0 Å². The van der Waals surface area contributed by atoms with E-state index in [2.05, 4.69) is 5.32 Å². The van der Waals surface area contributed by atoms with Crippen molar-refractivity contribution in [1.82, 2.24) is 10.2 Å². The number of rotatable bonds is 3. The summed E-state index contributed by atoms with van der Waals surface area (Å²) in [6, 6.07) is 6.75. The van der Waals surface area contributed by atoms with Gasteiger partial charge in [-0.25, -0.2) is 8.42 Å². The van der Waals surface area contributed by atoms with E-state index in [1.807, 2.05) is 18.7 Å². The van der Waals surface area contributed by atoms with Crippen LogP contribution in [0.1, 0.15) is 31.1 Å². The van der Waals surface area contributed by atoms with Gasteiger partial charge in [0.1, 0.15) is 0 Å². The molecule has 6 heteroatoms. The van der Waals surface area contributed by atoms with E-state index in [0.717, 1.165) is 0 Å². The van der Waals surface area contributed by atoms with Gasteiger partial charge in [-0.15, -0.1) is 0 Å². The largest absolute Gasteiger partial charge is 0.336 e. The maximum absolute atomic E-state index is 12.5. The Labute approximate surface area is 126 Å². The van der Waals surface area contributed by atoms with Gasteiger partial charge in [-0.1, -0.05) is 6.92 Å².